The van der Waals surface area contributed by atoms with Crippen LogP contribution in [0.15, 0.2) is 36.4 Å². The monoisotopic (exact) mass is 383 g/mol. The minimum absolute atomic E-state index is 0.129. The van der Waals surface area contributed by atoms with Gasteiger partial charge in [-0.1, -0.05) is 12.1 Å². The van der Waals surface area contributed by atoms with E-state index in [1.54, 1.807) is 12.1 Å². The van der Waals surface area contributed by atoms with Crippen molar-refractivity contribution in [1.82, 2.24) is 25.9 Å². The minimum atomic E-state index is -0.137. The second-order valence-electron chi connectivity index (χ2n) is 6.65. The molecule has 0 spiro atoms. The van der Waals surface area contributed by atoms with Crippen LogP contribution in [0.5, 0.6) is 0 Å². The van der Waals surface area contributed by atoms with Gasteiger partial charge in [-0.3, -0.25) is 9.59 Å². The zero-order valence-corrected chi connectivity index (χ0v) is 16.6. The van der Waals surface area contributed by atoms with Gasteiger partial charge in [0.1, 0.15) is 11.4 Å². The van der Waals surface area contributed by atoms with Crippen molar-refractivity contribution in [3.8, 4) is 0 Å². The number of nitrogens with one attached hydrogen (secondary N) is 3. The number of carbonyl (C=O) groups is 2. The summed E-state index contributed by atoms with van der Waals surface area (Å²) in [6.45, 7) is 6.70. The fourth-order valence-corrected chi connectivity index (χ4v) is 2.64. The Morgan fingerprint density at radius 2 is 1.18 bits per heavy atom. The number of pyridine rings is 2. The molecule has 7 nitrogen and oxygen atoms in total. The Morgan fingerprint density at radius 1 is 0.714 bits per heavy atom. The molecule has 0 unspecified atom stereocenters. The van der Waals surface area contributed by atoms with Crippen molar-refractivity contribution in [1.29, 1.82) is 0 Å². The largest absolute Gasteiger partial charge is 0.351 e. The summed E-state index contributed by atoms with van der Waals surface area (Å²) in [6.07, 6.45) is 2.73. The van der Waals surface area contributed by atoms with E-state index < -0.39 is 0 Å². The van der Waals surface area contributed by atoms with Gasteiger partial charge >= 0.3 is 0 Å². The first-order valence-electron chi connectivity index (χ1n) is 9.70. The van der Waals surface area contributed by atoms with Crippen molar-refractivity contribution in [2.24, 2.45) is 0 Å². The smallest absolute Gasteiger partial charge is 0.269 e. The molecule has 2 rings (SSSR count). The molecule has 2 aromatic rings. The van der Waals surface area contributed by atoms with Crippen LogP contribution in [0.1, 0.15) is 51.6 Å². The highest BCUT2D eigenvalue weighted by Gasteiger charge is 2.06. The summed E-state index contributed by atoms with van der Waals surface area (Å²) in [7, 11) is 0. The number of rotatable bonds is 11. The van der Waals surface area contributed by atoms with E-state index in [0.717, 1.165) is 43.7 Å². The highest BCUT2D eigenvalue weighted by molar-refractivity contribution is 5.92. The van der Waals surface area contributed by atoms with Crippen molar-refractivity contribution in [2.75, 3.05) is 26.2 Å². The fraction of sp³-hybridized carbons (Fsp3) is 0.429. The van der Waals surface area contributed by atoms with E-state index in [0.29, 0.717) is 24.5 Å². The third-order valence-corrected chi connectivity index (χ3v) is 4.12. The number of aryl methyl sites for hydroxylation is 2. The molecule has 3 N–H and O–H groups in total. The van der Waals surface area contributed by atoms with Gasteiger partial charge in [0, 0.05) is 24.5 Å². The molecule has 0 saturated carbocycles. The molecule has 7 heteroatoms. The maximum Gasteiger partial charge on any atom is 0.269 e. The lowest BCUT2D eigenvalue weighted by Crippen LogP contribution is -2.29. The molecule has 28 heavy (non-hydrogen) atoms. The van der Waals surface area contributed by atoms with E-state index in [9.17, 15) is 9.59 Å². The Balaban J connectivity index is 1.45. The van der Waals surface area contributed by atoms with E-state index in [1.165, 1.54) is 0 Å². The summed E-state index contributed by atoms with van der Waals surface area (Å²) in [6, 6.07) is 10.8. The van der Waals surface area contributed by atoms with Crippen molar-refractivity contribution < 1.29 is 9.59 Å². The van der Waals surface area contributed by atoms with E-state index in [-0.39, 0.29) is 11.8 Å². The molecular formula is C21H29N5O2. The van der Waals surface area contributed by atoms with Crippen LogP contribution in [0, 0.1) is 13.8 Å². The third kappa shape index (κ3) is 7.84. The molecule has 0 fully saturated rings. The van der Waals surface area contributed by atoms with Crippen molar-refractivity contribution in [3.63, 3.8) is 0 Å². The number of hydrogen-bond acceptors (Lipinski definition) is 5. The standard InChI is InChI=1S/C21H29N5O2/c1-16-8-5-10-18(25-16)20(27)23-14-4-3-12-22-13-7-15-24-21(28)19-11-6-9-17(2)26-19/h5-6,8-11,22H,3-4,7,12-15H2,1-2H3,(H,23,27)(H,24,28). The van der Waals surface area contributed by atoms with Gasteiger partial charge in [0.25, 0.3) is 11.8 Å². The maximum absolute atomic E-state index is 12.0. The Morgan fingerprint density at radius 3 is 1.71 bits per heavy atom. The third-order valence-electron chi connectivity index (χ3n) is 4.12. The van der Waals surface area contributed by atoms with E-state index in [4.69, 9.17) is 0 Å². The maximum atomic E-state index is 12.0. The van der Waals surface area contributed by atoms with Crippen molar-refractivity contribution in [2.45, 2.75) is 33.1 Å². The van der Waals surface area contributed by atoms with Crippen LogP contribution in [0.25, 0.3) is 0 Å². The molecular weight excluding hydrogens is 354 g/mol. The SMILES string of the molecule is Cc1cccc(C(=O)NCCCCNCCCNC(=O)c2cccc(C)n2)n1. The highest BCUT2D eigenvalue weighted by Crippen LogP contribution is 1.99. The van der Waals surface area contributed by atoms with Crippen LogP contribution in [0.4, 0.5) is 0 Å². The topological polar surface area (TPSA) is 96.0 Å². The lowest BCUT2D eigenvalue weighted by molar-refractivity contribution is 0.0939. The quantitative estimate of drug-likeness (QED) is 0.516. The van der Waals surface area contributed by atoms with Crippen LogP contribution in [-0.2, 0) is 0 Å². The van der Waals surface area contributed by atoms with E-state index in [2.05, 4.69) is 25.9 Å². The molecule has 0 bridgehead atoms. The van der Waals surface area contributed by atoms with Crippen LogP contribution in [0.2, 0.25) is 0 Å². The lowest BCUT2D eigenvalue weighted by Gasteiger charge is -2.07. The first-order chi connectivity index (χ1) is 13.6. The molecule has 0 radical (unpaired) electrons. The summed E-state index contributed by atoms with van der Waals surface area (Å²) in [5, 5.41) is 9.10. The zero-order valence-electron chi connectivity index (χ0n) is 16.6. The number of aromatic nitrogens is 2. The van der Waals surface area contributed by atoms with Gasteiger partial charge < -0.3 is 16.0 Å². The Labute approximate surface area is 166 Å². The molecule has 2 heterocycles. The lowest BCUT2D eigenvalue weighted by atomic mass is 10.2. The summed E-state index contributed by atoms with van der Waals surface area (Å²) in [5.41, 5.74) is 2.58. The van der Waals surface area contributed by atoms with Crippen LogP contribution in [-0.4, -0.2) is 48.0 Å². The molecule has 0 aromatic carbocycles. The second-order valence-corrected chi connectivity index (χ2v) is 6.65. The van der Waals surface area contributed by atoms with Gasteiger partial charge in [-0.15, -0.1) is 0 Å². The average molecular weight is 383 g/mol. The minimum Gasteiger partial charge on any atom is -0.351 e. The van der Waals surface area contributed by atoms with Crippen molar-refractivity contribution in [3.05, 3.63) is 59.2 Å². The summed E-state index contributed by atoms with van der Waals surface area (Å²) in [5.74, 6) is -0.266. The highest BCUT2D eigenvalue weighted by atomic mass is 16.2. The number of unbranched alkanes of at least 4 members (excludes halogenated alkanes) is 1. The molecule has 150 valence electrons. The first-order valence-corrected chi connectivity index (χ1v) is 9.70. The summed E-state index contributed by atoms with van der Waals surface area (Å²) >= 11 is 0. The Bertz CT molecular complexity index is 713. The van der Waals surface area contributed by atoms with Gasteiger partial charge in [-0.2, -0.15) is 0 Å². The molecule has 2 aromatic heterocycles. The predicted octanol–water partition coefficient (Wildman–Crippen LogP) is 2.01. The van der Waals surface area contributed by atoms with Gasteiger partial charge in [0.15, 0.2) is 0 Å². The number of hydrogen-bond donors (Lipinski definition) is 3. The predicted molar refractivity (Wildman–Crippen MR) is 109 cm³/mol. The van der Waals surface area contributed by atoms with Gasteiger partial charge in [0.2, 0.25) is 0 Å². The molecule has 0 saturated heterocycles. The number of nitrogens with zero attached hydrogens (tertiary/aromatic N) is 2. The molecule has 0 aliphatic carbocycles. The van der Waals surface area contributed by atoms with E-state index >= 15 is 0 Å². The molecule has 2 amide bonds. The van der Waals surface area contributed by atoms with Gasteiger partial charge in [0.05, 0.1) is 0 Å². The number of carbonyl (C=O) groups excluding carboxylic acids is 2. The fourth-order valence-electron chi connectivity index (χ4n) is 2.64. The summed E-state index contributed by atoms with van der Waals surface area (Å²) < 4.78 is 0. The molecule has 0 aliphatic heterocycles. The van der Waals surface area contributed by atoms with Gasteiger partial charge in [-0.05, 0) is 70.5 Å². The first kappa shape index (κ1) is 21.5. The Hall–Kier alpha value is -2.80. The normalized spacial score (nSPS) is 10.5. The second kappa shape index (κ2) is 11.8. The van der Waals surface area contributed by atoms with Gasteiger partial charge in [-0.25, -0.2) is 9.97 Å². The summed E-state index contributed by atoms with van der Waals surface area (Å²) in [4.78, 5) is 32.3. The van der Waals surface area contributed by atoms with Crippen LogP contribution < -0.4 is 16.0 Å². The van der Waals surface area contributed by atoms with Crippen LogP contribution >= 0.6 is 0 Å². The van der Waals surface area contributed by atoms with E-state index in [1.807, 2.05) is 38.1 Å². The van der Waals surface area contributed by atoms with Crippen LogP contribution in [0.3, 0.4) is 0 Å². The zero-order chi connectivity index (χ0) is 20.2. The molecule has 0 aliphatic rings. The average Bonchev–Trinajstić information content (AvgIpc) is 2.69. The number of amides is 2. The molecule has 0 atom stereocenters. The van der Waals surface area contributed by atoms with Crippen molar-refractivity contribution >= 4 is 11.8 Å². The Kier molecular flexibility index (Phi) is 9.07.